The summed E-state index contributed by atoms with van der Waals surface area (Å²) in [6, 6.07) is 0. The Labute approximate surface area is 57.4 Å². The Balaban J connectivity index is 1.71. The van der Waals surface area contributed by atoms with Crippen LogP contribution in [0.25, 0.3) is 0 Å². The van der Waals surface area contributed by atoms with Crippen molar-refractivity contribution < 1.29 is 13.6 Å². The van der Waals surface area contributed by atoms with E-state index in [1.165, 1.54) is 0 Å². The lowest BCUT2D eigenvalue weighted by atomic mass is 10.5. The van der Waals surface area contributed by atoms with Gasteiger partial charge in [-0.25, -0.2) is 0 Å². The third kappa shape index (κ3) is 3.64. The lowest BCUT2D eigenvalue weighted by Gasteiger charge is -1.98. The minimum atomic E-state index is -0.672. The van der Waals surface area contributed by atoms with E-state index in [0.29, 0.717) is 6.10 Å². The van der Waals surface area contributed by atoms with Crippen molar-refractivity contribution in [3.63, 3.8) is 0 Å². The van der Waals surface area contributed by atoms with Gasteiger partial charge in [0.25, 0.3) is 0 Å². The number of hydrogen-bond donors (Lipinski definition) is 0. The van der Waals surface area contributed by atoms with E-state index in [0.717, 1.165) is 19.8 Å². The van der Waals surface area contributed by atoms with Crippen molar-refractivity contribution in [3.05, 3.63) is 0 Å². The topological polar surface area (TPSA) is 31.0 Å². The molecule has 0 N–H and O–H groups in total. The van der Waals surface area contributed by atoms with Crippen molar-refractivity contribution >= 4 is 10.0 Å². The van der Waals surface area contributed by atoms with Crippen LogP contribution in [0, 0.1) is 0 Å². The van der Waals surface area contributed by atoms with Crippen LogP contribution in [0.1, 0.15) is 6.92 Å². The molecule has 1 unspecified atom stereocenters. The third-order valence-electron chi connectivity index (χ3n) is 1.08. The maximum Gasteiger partial charge on any atom is 0.304 e. The molecular weight excluding hydrogens is 136 g/mol. The summed E-state index contributed by atoms with van der Waals surface area (Å²) >= 11 is 0. The fraction of sp³-hybridized carbons (Fsp3) is 1.00. The first-order chi connectivity index (χ1) is 4.43. The number of rotatable bonds is 5. The van der Waals surface area contributed by atoms with Crippen LogP contribution in [-0.4, -0.2) is 35.9 Å². The number of hydrogen-bond acceptors (Lipinski definition) is 3. The Morgan fingerprint density at radius 1 is 1.67 bits per heavy atom. The first-order valence-electron chi connectivity index (χ1n) is 3.20. The van der Waals surface area contributed by atoms with E-state index in [1.54, 1.807) is 0 Å². The number of epoxide rings is 1. The van der Waals surface area contributed by atoms with Crippen LogP contribution in [-0.2, 0) is 13.6 Å². The van der Waals surface area contributed by atoms with Crippen molar-refractivity contribution in [2.45, 2.75) is 13.0 Å². The van der Waals surface area contributed by atoms with Crippen LogP contribution in [0.4, 0.5) is 0 Å². The fourth-order valence-corrected chi connectivity index (χ4v) is 1.13. The van der Waals surface area contributed by atoms with E-state index >= 15 is 0 Å². The molecule has 1 saturated heterocycles. The number of ether oxygens (including phenoxy) is 1. The molecule has 1 aliphatic rings. The van der Waals surface area contributed by atoms with Gasteiger partial charge < -0.3 is 13.6 Å². The molecule has 0 radical (unpaired) electrons. The van der Waals surface area contributed by atoms with Crippen LogP contribution in [0.15, 0.2) is 0 Å². The van der Waals surface area contributed by atoms with Gasteiger partial charge in [0, 0.05) is 6.61 Å². The molecule has 9 heavy (non-hydrogen) atoms. The van der Waals surface area contributed by atoms with Crippen LogP contribution < -0.4 is 0 Å². The Hall–Kier alpha value is 0.0969. The standard InChI is InChI=1S/C5H12O3Si/c1-2-7-9-8-4-5-3-6-5/h5H,2-4,9H2,1H3. The third-order valence-corrected chi connectivity index (χ3v) is 2.05. The summed E-state index contributed by atoms with van der Waals surface area (Å²) < 4.78 is 15.2. The van der Waals surface area contributed by atoms with Crippen LogP contribution in [0.3, 0.4) is 0 Å². The summed E-state index contributed by atoms with van der Waals surface area (Å²) in [4.78, 5) is 0. The Morgan fingerprint density at radius 2 is 2.44 bits per heavy atom. The predicted molar refractivity (Wildman–Crippen MR) is 35.9 cm³/mol. The molecule has 0 saturated carbocycles. The molecule has 1 heterocycles. The maximum atomic E-state index is 5.19. The SMILES string of the molecule is CCO[SiH2]OCC1CO1. The van der Waals surface area contributed by atoms with E-state index in [-0.39, 0.29) is 0 Å². The Bertz CT molecular complexity index is 74.6. The molecule has 0 amide bonds. The molecule has 1 rings (SSSR count). The maximum absolute atomic E-state index is 5.19. The Kier molecular flexibility index (Phi) is 3.20. The lowest BCUT2D eigenvalue weighted by molar-refractivity contribution is 0.208. The molecule has 1 atom stereocenters. The van der Waals surface area contributed by atoms with Gasteiger partial charge in [-0.1, -0.05) is 0 Å². The van der Waals surface area contributed by atoms with Gasteiger partial charge in [-0.15, -0.1) is 0 Å². The van der Waals surface area contributed by atoms with Crippen LogP contribution in [0.5, 0.6) is 0 Å². The summed E-state index contributed by atoms with van der Waals surface area (Å²) in [5.41, 5.74) is 0. The summed E-state index contributed by atoms with van der Waals surface area (Å²) in [6.07, 6.45) is 0.387. The zero-order valence-electron chi connectivity index (χ0n) is 5.63. The molecule has 0 aromatic rings. The first kappa shape index (κ1) is 7.21. The fourth-order valence-electron chi connectivity index (χ4n) is 0.486. The summed E-state index contributed by atoms with van der Waals surface area (Å²) in [5.74, 6) is 0. The molecule has 3 nitrogen and oxygen atoms in total. The monoisotopic (exact) mass is 148 g/mol. The first-order valence-corrected chi connectivity index (χ1v) is 4.36. The second-order valence-electron chi connectivity index (χ2n) is 1.94. The molecule has 1 fully saturated rings. The molecule has 0 aliphatic carbocycles. The van der Waals surface area contributed by atoms with Crippen LogP contribution in [0.2, 0.25) is 0 Å². The van der Waals surface area contributed by atoms with Gasteiger partial charge >= 0.3 is 10.0 Å². The zero-order valence-corrected chi connectivity index (χ0v) is 7.04. The van der Waals surface area contributed by atoms with E-state index in [4.69, 9.17) is 13.6 Å². The molecule has 4 heteroatoms. The van der Waals surface area contributed by atoms with Gasteiger partial charge in [0.2, 0.25) is 0 Å². The van der Waals surface area contributed by atoms with E-state index < -0.39 is 10.0 Å². The van der Waals surface area contributed by atoms with Gasteiger partial charge in [0.1, 0.15) is 6.10 Å². The zero-order chi connectivity index (χ0) is 6.53. The van der Waals surface area contributed by atoms with Crippen molar-refractivity contribution in [2.24, 2.45) is 0 Å². The largest absolute Gasteiger partial charge is 0.399 e. The minimum Gasteiger partial charge on any atom is -0.399 e. The summed E-state index contributed by atoms with van der Waals surface area (Å²) in [6.45, 7) is 4.37. The lowest BCUT2D eigenvalue weighted by Crippen LogP contribution is -2.08. The van der Waals surface area contributed by atoms with Crippen molar-refractivity contribution in [1.29, 1.82) is 0 Å². The quantitative estimate of drug-likeness (QED) is 0.297. The highest BCUT2D eigenvalue weighted by Crippen LogP contribution is 2.07. The molecule has 54 valence electrons. The van der Waals surface area contributed by atoms with Gasteiger partial charge in [-0.3, -0.25) is 0 Å². The second kappa shape index (κ2) is 4.00. The van der Waals surface area contributed by atoms with E-state index in [9.17, 15) is 0 Å². The molecule has 1 aliphatic heterocycles. The van der Waals surface area contributed by atoms with Crippen molar-refractivity contribution in [1.82, 2.24) is 0 Å². The van der Waals surface area contributed by atoms with Gasteiger partial charge in [0.15, 0.2) is 0 Å². The van der Waals surface area contributed by atoms with Gasteiger partial charge in [0.05, 0.1) is 13.2 Å². The average molecular weight is 148 g/mol. The van der Waals surface area contributed by atoms with Gasteiger partial charge in [-0.05, 0) is 6.92 Å². The normalized spacial score (nSPS) is 25.7. The van der Waals surface area contributed by atoms with Crippen molar-refractivity contribution in [3.8, 4) is 0 Å². The predicted octanol–water partition coefficient (Wildman–Crippen LogP) is -0.563. The van der Waals surface area contributed by atoms with Crippen LogP contribution >= 0.6 is 0 Å². The summed E-state index contributed by atoms with van der Waals surface area (Å²) in [7, 11) is -0.672. The Morgan fingerprint density at radius 3 is 3.00 bits per heavy atom. The molecule has 0 bridgehead atoms. The van der Waals surface area contributed by atoms with Gasteiger partial charge in [-0.2, -0.15) is 0 Å². The van der Waals surface area contributed by atoms with Crippen molar-refractivity contribution in [2.75, 3.05) is 19.8 Å². The highest BCUT2D eigenvalue weighted by atomic mass is 28.3. The second-order valence-corrected chi connectivity index (χ2v) is 2.99. The molecular formula is C5H12O3Si. The minimum absolute atomic E-state index is 0.387. The van der Waals surface area contributed by atoms with E-state index in [1.807, 2.05) is 6.92 Å². The smallest absolute Gasteiger partial charge is 0.304 e. The molecule has 0 spiro atoms. The summed E-state index contributed by atoms with van der Waals surface area (Å²) in [5, 5.41) is 0. The molecule has 0 aromatic carbocycles. The molecule has 0 aromatic heterocycles. The highest BCUT2D eigenvalue weighted by molar-refractivity contribution is 6.17. The van der Waals surface area contributed by atoms with E-state index in [2.05, 4.69) is 0 Å². The average Bonchev–Trinajstić information content (AvgIpc) is 2.63. The highest BCUT2D eigenvalue weighted by Gasteiger charge is 2.21.